The number of aromatic nitrogens is 1. The summed E-state index contributed by atoms with van der Waals surface area (Å²) >= 11 is 1.42. The van der Waals surface area contributed by atoms with Crippen LogP contribution in [0.1, 0.15) is 20.8 Å². The number of thiazole rings is 1. The third-order valence-electron chi connectivity index (χ3n) is 3.66. The molecule has 5 nitrogen and oxygen atoms in total. The van der Waals surface area contributed by atoms with Crippen LogP contribution in [0.25, 0.3) is 11.3 Å². The molecule has 0 aliphatic carbocycles. The second kappa shape index (κ2) is 7.16. The number of nitriles is 1. The maximum Gasteiger partial charge on any atom is 0.257 e. The van der Waals surface area contributed by atoms with Gasteiger partial charge in [0.05, 0.1) is 24.4 Å². The van der Waals surface area contributed by atoms with Crippen LogP contribution in [-0.4, -0.2) is 18.0 Å². The molecule has 1 amide bonds. The summed E-state index contributed by atoms with van der Waals surface area (Å²) in [7, 11) is 1.62. The molecular formula is C19H15N3O2S. The zero-order valence-corrected chi connectivity index (χ0v) is 14.6. The molecule has 1 aromatic heterocycles. The van der Waals surface area contributed by atoms with Gasteiger partial charge in [-0.3, -0.25) is 10.1 Å². The Morgan fingerprint density at radius 1 is 1.16 bits per heavy atom. The van der Waals surface area contributed by atoms with Gasteiger partial charge in [-0.15, -0.1) is 11.3 Å². The molecule has 124 valence electrons. The Hall–Kier alpha value is -3.17. The molecule has 0 radical (unpaired) electrons. The van der Waals surface area contributed by atoms with E-state index in [1.54, 1.807) is 31.4 Å². The number of hydrogen-bond acceptors (Lipinski definition) is 5. The lowest BCUT2D eigenvalue weighted by Crippen LogP contribution is -2.11. The molecule has 1 N–H and O–H groups in total. The maximum absolute atomic E-state index is 12.3. The summed E-state index contributed by atoms with van der Waals surface area (Å²) < 4.78 is 5.16. The molecule has 3 rings (SSSR count). The van der Waals surface area contributed by atoms with E-state index in [0.717, 1.165) is 21.9 Å². The quantitative estimate of drug-likeness (QED) is 0.764. The number of hydrogen-bond donors (Lipinski definition) is 1. The smallest absolute Gasteiger partial charge is 0.257 e. The third kappa shape index (κ3) is 3.67. The Morgan fingerprint density at radius 2 is 1.84 bits per heavy atom. The van der Waals surface area contributed by atoms with Crippen molar-refractivity contribution in [1.82, 2.24) is 4.98 Å². The lowest BCUT2D eigenvalue weighted by Gasteiger charge is -2.02. The van der Waals surface area contributed by atoms with Crippen LogP contribution < -0.4 is 10.1 Å². The van der Waals surface area contributed by atoms with E-state index in [1.165, 1.54) is 11.3 Å². The van der Waals surface area contributed by atoms with Crippen LogP contribution in [0.4, 0.5) is 5.13 Å². The van der Waals surface area contributed by atoms with Gasteiger partial charge in [-0.2, -0.15) is 5.26 Å². The van der Waals surface area contributed by atoms with E-state index in [1.807, 2.05) is 37.3 Å². The zero-order chi connectivity index (χ0) is 17.8. The number of amides is 1. The fourth-order valence-corrected chi connectivity index (χ4v) is 3.16. The normalized spacial score (nSPS) is 10.1. The first kappa shape index (κ1) is 16.7. The van der Waals surface area contributed by atoms with Gasteiger partial charge in [0.2, 0.25) is 0 Å². The average Bonchev–Trinajstić information content (AvgIpc) is 3.02. The van der Waals surface area contributed by atoms with Crippen LogP contribution >= 0.6 is 11.3 Å². The lowest BCUT2D eigenvalue weighted by atomic mass is 10.1. The van der Waals surface area contributed by atoms with Crippen LogP contribution in [-0.2, 0) is 0 Å². The van der Waals surface area contributed by atoms with Crippen LogP contribution in [0.3, 0.4) is 0 Å². The van der Waals surface area contributed by atoms with Gasteiger partial charge in [0, 0.05) is 16.0 Å². The predicted molar refractivity (Wildman–Crippen MR) is 97.9 cm³/mol. The van der Waals surface area contributed by atoms with E-state index in [9.17, 15) is 4.79 Å². The molecule has 6 heteroatoms. The highest BCUT2D eigenvalue weighted by Gasteiger charge is 2.13. The van der Waals surface area contributed by atoms with E-state index >= 15 is 0 Å². The molecule has 0 unspecified atom stereocenters. The van der Waals surface area contributed by atoms with Crippen molar-refractivity contribution in [2.24, 2.45) is 0 Å². The molecule has 0 aliphatic heterocycles. The molecule has 0 spiro atoms. The Morgan fingerprint density at radius 3 is 2.44 bits per heavy atom. The molecule has 0 saturated carbocycles. The Bertz CT molecular complexity index is 938. The molecule has 0 fully saturated rings. The molecular weight excluding hydrogens is 334 g/mol. The number of carbonyl (C=O) groups is 1. The highest BCUT2D eigenvalue weighted by molar-refractivity contribution is 7.16. The van der Waals surface area contributed by atoms with Crippen molar-refractivity contribution in [1.29, 1.82) is 5.26 Å². The first-order valence-corrected chi connectivity index (χ1v) is 8.35. The third-order valence-corrected chi connectivity index (χ3v) is 4.54. The maximum atomic E-state index is 12.3. The molecule has 3 aromatic rings. The van der Waals surface area contributed by atoms with Gasteiger partial charge in [0.1, 0.15) is 5.75 Å². The number of benzene rings is 2. The molecule has 0 bridgehead atoms. The monoisotopic (exact) mass is 349 g/mol. The predicted octanol–water partition coefficient (Wildman–Crippen LogP) is 4.25. The first-order chi connectivity index (χ1) is 12.1. The van der Waals surface area contributed by atoms with E-state index in [2.05, 4.69) is 10.3 Å². The Balaban J connectivity index is 1.79. The fraction of sp³-hybridized carbons (Fsp3) is 0.105. The highest BCUT2D eigenvalue weighted by Crippen LogP contribution is 2.31. The van der Waals surface area contributed by atoms with Gasteiger partial charge < -0.3 is 4.74 Å². The zero-order valence-electron chi connectivity index (χ0n) is 13.7. The van der Waals surface area contributed by atoms with Crippen LogP contribution in [0.15, 0.2) is 48.5 Å². The molecule has 25 heavy (non-hydrogen) atoms. The van der Waals surface area contributed by atoms with Crippen molar-refractivity contribution in [2.75, 3.05) is 12.4 Å². The summed E-state index contributed by atoms with van der Waals surface area (Å²) in [6, 6.07) is 16.1. The minimum atomic E-state index is -0.250. The van der Waals surface area contributed by atoms with Crippen molar-refractivity contribution in [3.05, 3.63) is 64.5 Å². The van der Waals surface area contributed by atoms with Crippen LogP contribution in [0, 0.1) is 18.3 Å². The van der Waals surface area contributed by atoms with Gasteiger partial charge in [0.15, 0.2) is 5.13 Å². The molecule has 0 aliphatic rings. The summed E-state index contributed by atoms with van der Waals surface area (Å²) in [5.74, 6) is 0.533. The van der Waals surface area contributed by atoms with Crippen molar-refractivity contribution in [3.8, 4) is 23.1 Å². The Kier molecular flexibility index (Phi) is 4.78. The topological polar surface area (TPSA) is 75.0 Å². The standard InChI is InChI=1S/C19H15N3O2S/c1-12-17(14-7-9-16(24-2)10-8-14)21-19(25-12)22-18(23)15-5-3-13(11-20)4-6-15/h3-10H,1-2H3,(H,21,22,23). The van der Waals surface area contributed by atoms with Gasteiger partial charge >= 0.3 is 0 Å². The molecule has 0 saturated heterocycles. The van der Waals surface area contributed by atoms with E-state index in [4.69, 9.17) is 10.00 Å². The highest BCUT2D eigenvalue weighted by atomic mass is 32.1. The Labute approximate surface area is 149 Å². The number of anilines is 1. The minimum absolute atomic E-state index is 0.250. The lowest BCUT2D eigenvalue weighted by molar-refractivity contribution is 0.102. The number of ether oxygens (including phenoxy) is 1. The molecule has 1 heterocycles. The van der Waals surface area contributed by atoms with Crippen molar-refractivity contribution in [2.45, 2.75) is 6.92 Å². The second-order valence-corrected chi connectivity index (χ2v) is 6.50. The van der Waals surface area contributed by atoms with Gasteiger partial charge in [-0.05, 0) is 55.5 Å². The molecule has 0 atom stereocenters. The SMILES string of the molecule is COc1ccc(-c2nc(NC(=O)c3ccc(C#N)cc3)sc2C)cc1. The number of aryl methyl sites for hydroxylation is 1. The molecule has 2 aromatic carbocycles. The largest absolute Gasteiger partial charge is 0.497 e. The first-order valence-electron chi connectivity index (χ1n) is 7.54. The van der Waals surface area contributed by atoms with Crippen LogP contribution in [0.2, 0.25) is 0 Å². The van der Waals surface area contributed by atoms with E-state index < -0.39 is 0 Å². The van der Waals surface area contributed by atoms with Crippen molar-refractivity contribution < 1.29 is 9.53 Å². The number of carbonyl (C=O) groups excluding carboxylic acids is 1. The summed E-state index contributed by atoms with van der Waals surface area (Å²) in [5.41, 5.74) is 2.80. The summed E-state index contributed by atoms with van der Waals surface area (Å²) in [4.78, 5) is 17.9. The van der Waals surface area contributed by atoms with Crippen molar-refractivity contribution >= 4 is 22.4 Å². The van der Waals surface area contributed by atoms with Gasteiger partial charge in [0.25, 0.3) is 5.91 Å². The number of nitrogens with one attached hydrogen (secondary N) is 1. The van der Waals surface area contributed by atoms with Crippen molar-refractivity contribution in [3.63, 3.8) is 0 Å². The van der Waals surface area contributed by atoms with Gasteiger partial charge in [-0.1, -0.05) is 0 Å². The average molecular weight is 349 g/mol. The number of nitrogens with zero attached hydrogens (tertiary/aromatic N) is 2. The summed E-state index contributed by atoms with van der Waals surface area (Å²) in [6.45, 7) is 1.97. The van der Waals surface area contributed by atoms with E-state index in [-0.39, 0.29) is 5.91 Å². The fourth-order valence-electron chi connectivity index (χ4n) is 2.33. The van der Waals surface area contributed by atoms with Crippen LogP contribution in [0.5, 0.6) is 5.75 Å². The number of methoxy groups -OCH3 is 1. The summed E-state index contributed by atoms with van der Waals surface area (Å²) in [6.07, 6.45) is 0. The second-order valence-electron chi connectivity index (χ2n) is 5.30. The van der Waals surface area contributed by atoms with E-state index in [0.29, 0.717) is 16.3 Å². The summed E-state index contributed by atoms with van der Waals surface area (Å²) in [5, 5.41) is 12.2. The minimum Gasteiger partial charge on any atom is -0.497 e. The number of rotatable bonds is 4. The van der Waals surface area contributed by atoms with Gasteiger partial charge in [-0.25, -0.2) is 4.98 Å².